The van der Waals surface area contributed by atoms with Crippen molar-refractivity contribution in [3.8, 4) is 0 Å². The van der Waals surface area contributed by atoms with Gasteiger partial charge >= 0.3 is 0 Å². The molecule has 39 heavy (non-hydrogen) atoms. The summed E-state index contributed by atoms with van der Waals surface area (Å²) in [4.78, 5) is 17.8. The van der Waals surface area contributed by atoms with Crippen LogP contribution in [-0.4, -0.2) is 11.9 Å². The van der Waals surface area contributed by atoms with E-state index in [1.807, 2.05) is 11.0 Å². The van der Waals surface area contributed by atoms with Crippen molar-refractivity contribution in [1.29, 1.82) is 0 Å². The minimum Gasteiger partial charge on any atom is -0.318 e. The third kappa shape index (κ3) is 3.96. The highest BCUT2D eigenvalue weighted by Crippen LogP contribution is 2.56. The Morgan fingerprint density at radius 1 is 0.744 bits per heavy atom. The molecule has 4 aliphatic rings. The van der Waals surface area contributed by atoms with Gasteiger partial charge in [-0.25, -0.2) is 0 Å². The van der Waals surface area contributed by atoms with Gasteiger partial charge in [-0.1, -0.05) is 63.4 Å². The molecule has 2 aliphatic heterocycles. The van der Waals surface area contributed by atoms with Gasteiger partial charge in [0.1, 0.15) is 0 Å². The first-order valence-electron chi connectivity index (χ1n) is 14.7. The normalized spacial score (nSPS) is 35.5. The van der Waals surface area contributed by atoms with Gasteiger partial charge < -0.3 is 9.80 Å². The van der Waals surface area contributed by atoms with Crippen LogP contribution in [0.15, 0.2) is 98.4 Å². The Hall–Kier alpha value is -3.33. The Labute approximate surface area is 234 Å². The summed E-state index contributed by atoms with van der Waals surface area (Å²) in [6.07, 6.45) is 7.22. The van der Waals surface area contributed by atoms with Crippen LogP contribution in [0, 0.1) is 47.3 Å². The van der Waals surface area contributed by atoms with Gasteiger partial charge in [-0.3, -0.25) is 4.79 Å². The molecule has 2 saturated heterocycles. The SMILES string of the molecule is C=CC1CC(C)C2C(=C)N(c3ccc(Cc4ccc(N5C(=O)C6C(C=C)CC(C)C6C5C)cc4)cc3)C(=C)C12. The molecule has 202 valence electrons. The first kappa shape index (κ1) is 25.9. The number of rotatable bonds is 6. The zero-order valence-corrected chi connectivity index (χ0v) is 23.7. The molecule has 0 spiro atoms. The van der Waals surface area contributed by atoms with E-state index < -0.39 is 0 Å². The molecule has 0 bridgehead atoms. The van der Waals surface area contributed by atoms with E-state index >= 15 is 0 Å². The van der Waals surface area contributed by atoms with E-state index in [4.69, 9.17) is 0 Å². The second-order valence-electron chi connectivity index (χ2n) is 12.7. The molecular formula is C36H42N2O. The topological polar surface area (TPSA) is 23.6 Å². The van der Waals surface area contributed by atoms with Crippen LogP contribution in [0.2, 0.25) is 0 Å². The van der Waals surface area contributed by atoms with Gasteiger partial charge in [-0.05, 0) is 91.2 Å². The summed E-state index contributed by atoms with van der Waals surface area (Å²) in [6.45, 7) is 23.9. The van der Waals surface area contributed by atoms with Gasteiger partial charge in [0, 0.05) is 46.6 Å². The quantitative estimate of drug-likeness (QED) is 0.362. The first-order valence-corrected chi connectivity index (χ1v) is 14.7. The third-order valence-corrected chi connectivity index (χ3v) is 10.5. The fraction of sp³-hybridized carbons (Fsp3) is 0.417. The van der Waals surface area contributed by atoms with Crippen molar-refractivity contribution >= 4 is 17.3 Å². The van der Waals surface area contributed by atoms with E-state index in [0.29, 0.717) is 41.4 Å². The lowest BCUT2D eigenvalue weighted by molar-refractivity contribution is -0.121. The number of benzene rings is 2. The molecule has 6 rings (SSSR count). The van der Waals surface area contributed by atoms with Gasteiger partial charge in [0.2, 0.25) is 5.91 Å². The molecule has 3 nitrogen and oxygen atoms in total. The number of allylic oxidation sites excluding steroid dienone is 4. The van der Waals surface area contributed by atoms with Crippen molar-refractivity contribution in [3.63, 3.8) is 0 Å². The predicted molar refractivity (Wildman–Crippen MR) is 162 cm³/mol. The highest BCUT2D eigenvalue weighted by Gasteiger charge is 2.55. The minimum atomic E-state index is 0.0823. The van der Waals surface area contributed by atoms with E-state index in [1.165, 1.54) is 23.2 Å². The van der Waals surface area contributed by atoms with E-state index in [2.05, 4.69) is 107 Å². The molecular weight excluding hydrogens is 476 g/mol. The second-order valence-corrected chi connectivity index (χ2v) is 12.7. The summed E-state index contributed by atoms with van der Waals surface area (Å²) >= 11 is 0. The summed E-state index contributed by atoms with van der Waals surface area (Å²) in [6, 6.07) is 17.7. The van der Waals surface area contributed by atoms with Crippen molar-refractivity contribution in [3.05, 3.63) is 110 Å². The molecule has 0 N–H and O–H groups in total. The van der Waals surface area contributed by atoms with E-state index in [-0.39, 0.29) is 17.9 Å². The maximum absolute atomic E-state index is 13.4. The Kier molecular flexibility index (Phi) is 6.44. The summed E-state index contributed by atoms with van der Waals surface area (Å²) < 4.78 is 0. The Balaban J connectivity index is 1.15. The molecule has 1 amide bonds. The molecule has 4 fully saturated rings. The molecule has 2 aliphatic carbocycles. The maximum Gasteiger partial charge on any atom is 0.231 e. The standard InChI is InChI=1S/C36H42N2O/c1-8-28-18-21(3)32-23(5)37(25(7)34(28)32)30-14-10-26(11-15-30)20-27-12-16-31(17-13-27)38-24(6)33-22(4)19-29(9-2)35(33)36(38)39/h8-17,21-22,24,28-29,32-35H,1-2,5,7,18-20H2,3-4,6H3. The highest BCUT2D eigenvalue weighted by atomic mass is 16.2. The monoisotopic (exact) mass is 518 g/mol. The second kappa shape index (κ2) is 9.70. The number of amides is 1. The van der Waals surface area contributed by atoms with Crippen LogP contribution in [0.4, 0.5) is 11.4 Å². The van der Waals surface area contributed by atoms with Crippen LogP contribution in [0.3, 0.4) is 0 Å². The Bertz CT molecular complexity index is 1320. The van der Waals surface area contributed by atoms with Crippen LogP contribution in [0.1, 0.15) is 44.7 Å². The number of carbonyl (C=O) groups is 1. The Morgan fingerprint density at radius 2 is 1.26 bits per heavy atom. The fourth-order valence-electron chi connectivity index (χ4n) is 8.80. The zero-order chi connectivity index (χ0) is 27.6. The summed E-state index contributed by atoms with van der Waals surface area (Å²) in [5, 5.41) is 0. The lowest BCUT2D eigenvalue weighted by Gasteiger charge is -2.27. The molecule has 2 saturated carbocycles. The molecule has 3 heteroatoms. The minimum absolute atomic E-state index is 0.0823. The number of anilines is 2. The number of hydrogen-bond donors (Lipinski definition) is 0. The van der Waals surface area contributed by atoms with Gasteiger partial charge in [-0.15, -0.1) is 13.2 Å². The number of fused-ring (bicyclic) bond motifs is 2. The Morgan fingerprint density at radius 3 is 1.85 bits per heavy atom. The largest absolute Gasteiger partial charge is 0.318 e. The molecule has 2 heterocycles. The summed E-state index contributed by atoms with van der Waals surface area (Å²) in [5.74, 6) is 3.55. The smallest absolute Gasteiger partial charge is 0.231 e. The number of nitrogens with zero attached hydrogens (tertiary/aromatic N) is 2. The molecule has 9 unspecified atom stereocenters. The predicted octanol–water partition coefficient (Wildman–Crippen LogP) is 8.01. The van der Waals surface area contributed by atoms with Gasteiger partial charge in [0.25, 0.3) is 0 Å². The molecule has 0 radical (unpaired) electrons. The van der Waals surface area contributed by atoms with E-state index in [9.17, 15) is 4.79 Å². The third-order valence-electron chi connectivity index (χ3n) is 10.5. The van der Waals surface area contributed by atoms with Crippen LogP contribution < -0.4 is 9.80 Å². The van der Waals surface area contributed by atoms with Crippen molar-refractivity contribution in [2.24, 2.45) is 47.3 Å². The van der Waals surface area contributed by atoms with Crippen LogP contribution in [0.5, 0.6) is 0 Å². The van der Waals surface area contributed by atoms with E-state index in [1.54, 1.807) is 0 Å². The molecule has 0 aromatic heterocycles. The van der Waals surface area contributed by atoms with Gasteiger partial charge in [0.15, 0.2) is 0 Å². The lowest BCUT2D eigenvalue weighted by atomic mass is 9.86. The van der Waals surface area contributed by atoms with Gasteiger partial charge in [-0.2, -0.15) is 0 Å². The number of carbonyl (C=O) groups excluding carboxylic acids is 1. The average Bonchev–Trinajstić information content (AvgIpc) is 3.61. The summed E-state index contributed by atoms with van der Waals surface area (Å²) in [7, 11) is 0. The van der Waals surface area contributed by atoms with Crippen molar-refractivity contribution < 1.29 is 4.79 Å². The van der Waals surface area contributed by atoms with Crippen molar-refractivity contribution in [1.82, 2.24) is 0 Å². The maximum atomic E-state index is 13.4. The van der Waals surface area contributed by atoms with Gasteiger partial charge in [0.05, 0.1) is 0 Å². The molecule has 2 aromatic carbocycles. The lowest BCUT2D eigenvalue weighted by Crippen LogP contribution is -2.35. The molecule has 2 aromatic rings. The van der Waals surface area contributed by atoms with Crippen LogP contribution in [0.25, 0.3) is 0 Å². The highest BCUT2D eigenvalue weighted by molar-refractivity contribution is 5.99. The van der Waals surface area contributed by atoms with Crippen LogP contribution >= 0.6 is 0 Å². The zero-order valence-electron chi connectivity index (χ0n) is 23.7. The average molecular weight is 519 g/mol. The summed E-state index contributed by atoms with van der Waals surface area (Å²) in [5.41, 5.74) is 7.00. The number of hydrogen-bond acceptors (Lipinski definition) is 2. The molecule has 9 atom stereocenters. The van der Waals surface area contributed by atoms with Crippen molar-refractivity contribution in [2.45, 2.75) is 46.1 Å². The first-order chi connectivity index (χ1) is 18.7. The van der Waals surface area contributed by atoms with E-state index in [0.717, 1.165) is 29.9 Å². The fourth-order valence-corrected chi connectivity index (χ4v) is 8.80. The van der Waals surface area contributed by atoms with Crippen molar-refractivity contribution in [2.75, 3.05) is 9.80 Å². The van der Waals surface area contributed by atoms with Crippen LogP contribution in [-0.2, 0) is 11.2 Å².